The van der Waals surface area contributed by atoms with E-state index >= 15 is 0 Å². The summed E-state index contributed by atoms with van der Waals surface area (Å²) in [4.78, 5) is 10.3. The Labute approximate surface area is 541 Å². The average Bonchev–Trinajstić information content (AvgIpc) is 1.72. The van der Waals surface area contributed by atoms with Crippen LogP contribution in [0.1, 0.15) is 272 Å². The van der Waals surface area contributed by atoms with Gasteiger partial charge in [-0.15, -0.1) is 29.7 Å². The van der Waals surface area contributed by atoms with E-state index < -0.39 is 0 Å². The molecule has 10 rings (SSSR count). The number of pyridine rings is 2. The minimum Gasteiger partial charge on any atom is -0.333 e. The maximum Gasteiger partial charge on any atom is 0.145 e. The third-order valence-electron chi connectivity index (χ3n) is 17.1. The van der Waals surface area contributed by atoms with Crippen molar-refractivity contribution in [2.75, 3.05) is 0 Å². The second-order valence-electron chi connectivity index (χ2n) is 31.9. The van der Waals surface area contributed by atoms with Crippen molar-refractivity contribution in [2.24, 2.45) is 21.7 Å². The van der Waals surface area contributed by atoms with Crippen LogP contribution in [0.15, 0.2) is 103 Å². The molecule has 4 aromatic heterocycles. The summed E-state index contributed by atoms with van der Waals surface area (Å²) in [5.74, 6) is 2.58. The zero-order chi connectivity index (χ0) is 61.4. The Morgan fingerprint density at radius 2 is 0.701 bits per heavy atom. The van der Waals surface area contributed by atoms with Crippen molar-refractivity contribution >= 4 is 54.6 Å². The summed E-state index contributed by atoms with van der Waals surface area (Å²) in [6.45, 7) is 56.2. The van der Waals surface area contributed by atoms with Gasteiger partial charge in [-0.1, -0.05) is 241 Å². The van der Waals surface area contributed by atoms with Crippen LogP contribution in [0.4, 0.5) is 0 Å². The van der Waals surface area contributed by atoms with Crippen molar-refractivity contribution in [3.05, 3.63) is 165 Å². The van der Waals surface area contributed by atoms with Crippen molar-refractivity contribution in [1.82, 2.24) is 18.8 Å². The van der Waals surface area contributed by atoms with Gasteiger partial charge in [0.25, 0.3) is 0 Å². The van der Waals surface area contributed by atoms with Crippen LogP contribution in [0.2, 0.25) is 0 Å². The first kappa shape index (κ1) is 70.5. The van der Waals surface area contributed by atoms with E-state index in [0.29, 0.717) is 35.5 Å². The molecule has 0 aliphatic rings. The maximum absolute atomic E-state index is 5.18. The van der Waals surface area contributed by atoms with E-state index in [1.54, 1.807) is 0 Å². The quantitative estimate of drug-likeness (QED) is 0.0902. The van der Waals surface area contributed by atoms with Crippen LogP contribution < -0.4 is 0 Å². The molecule has 4 nitrogen and oxygen atoms in total. The molecule has 0 aliphatic heterocycles. The van der Waals surface area contributed by atoms with Gasteiger partial charge in [-0.3, -0.25) is 9.38 Å². The first-order valence-electron chi connectivity index (χ1n) is 32.1. The Morgan fingerprint density at radius 3 is 1.06 bits per heavy atom. The first-order chi connectivity index (χ1) is 39.1. The molecule has 0 fully saturated rings. The minimum atomic E-state index is 0. The van der Waals surface area contributed by atoms with Crippen molar-refractivity contribution in [3.63, 3.8) is 0 Å². The van der Waals surface area contributed by atoms with E-state index in [1.807, 2.05) is 6.07 Å². The van der Waals surface area contributed by atoms with Gasteiger partial charge in [0.05, 0.1) is 28.7 Å². The Morgan fingerprint density at radius 1 is 0.379 bits per heavy atom. The van der Waals surface area contributed by atoms with Crippen LogP contribution in [0, 0.1) is 27.7 Å². The summed E-state index contributed by atoms with van der Waals surface area (Å²) < 4.78 is 4.95. The Bertz CT molecular complexity index is 3740. The number of aromatic nitrogens is 4. The van der Waals surface area contributed by atoms with E-state index in [1.165, 1.54) is 116 Å². The minimum absolute atomic E-state index is 0. The van der Waals surface area contributed by atoms with Gasteiger partial charge in [-0.25, -0.2) is 4.98 Å². The van der Waals surface area contributed by atoms with E-state index in [0.717, 1.165) is 42.4 Å². The molecule has 0 N–H and O–H groups in total. The fraction of sp³-hybridized carbons (Fsp3) is 0.488. The molecular weight excluding hydrogens is 1230 g/mol. The van der Waals surface area contributed by atoms with Gasteiger partial charge in [-0.2, -0.15) is 0 Å². The van der Waals surface area contributed by atoms with E-state index in [2.05, 4.69) is 278 Å². The van der Waals surface area contributed by atoms with Crippen molar-refractivity contribution in [2.45, 2.75) is 242 Å². The Hall–Kier alpha value is -5.61. The molecule has 0 aliphatic carbocycles. The summed E-state index contributed by atoms with van der Waals surface area (Å²) in [6.07, 6.45) is 8.47. The van der Waals surface area contributed by atoms with Crippen LogP contribution >= 0.6 is 0 Å². The third kappa shape index (κ3) is 14.8. The molecular formula is C82H111IrN4-. The number of nitrogens with zero attached hydrogens (tertiary/aromatic N) is 4. The fourth-order valence-corrected chi connectivity index (χ4v) is 13.3. The van der Waals surface area contributed by atoms with Gasteiger partial charge in [0.15, 0.2) is 0 Å². The number of imidazole rings is 2. The molecule has 6 aromatic carbocycles. The molecule has 0 saturated heterocycles. The summed E-state index contributed by atoms with van der Waals surface area (Å²) in [7, 11) is 0. The molecule has 5 heteroatoms. The number of hydrogen-bond donors (Lipinski definition) is 0. The molecule has 0 amide bonds. The standard InChI is InChI=1S/C40H52N2.C40H51N2.2CH4.Ir/c2*1-24(2)27-17-32(25(3)4)37(33(18-27)26(5)6)36-23-41-38-31-16-14-13-15-30(31)34-19-28(21-39(7,8)9)29(22-40(10,11)12)20-35(34)42(36)38;;;/h13-20,23-26H,21-22H2,1-12H3;13-15,17-20,23-26H,21-22H2,1-12H3;2*1H4;/q;-1;;;. The van der Waals surface area contributed by atoms with Gasteiger partial charge in [-0.05, 0) is 167 Å². The van der Waals surface area contributed by atoms with E-state index in [4.69, 9.17) is 9.97 Å². The van der Waals surface area contributed by atoms with Gasteiger partial charge in [0, 0.05) is 53.7 Å². The topological polar surface area (TPSA) is 34.6 Å². The van der Waals surface area contributed by atoms with Gasteiger partial charge < -0.3 is 4.40 Å². The molecule has 469 valence electrons. The van der Waals surface area contributed by atoms with Crippen LogP contribution in [0.25, 0.3) is 77.2 Å². The number of rotatable bonds is 12. The molecule has 0 saturated carbocycles. The third-order valence-corrected chi connectivity index (χ3v) is 17.1. The fourth-order valence-electron chi connectivity index (χ4n) is 13.3. The second-order valence-corrected chi connectivity index (χ2v) is 31.9. The summed E-state index contributed by atoms with van der Waals surface area (Å²) in [5.41, 5.74) is 24.8. The van der Waals surface area contributed by atoms with Crippen molar-refractivity contribution < 1.29 is 20.1 Å². The summed E-state index contributed by atoms with van der Waals surface area (Å²) >= 11 is 0. The largest absolute Gasteiger partial charge is 0.333 e. The number of benzene rings is 6. The smallest absolute Gasteiger partial charge is 0.145 e. The van der Waals surface area contributed by atoms with E-state index in [9.17, 15) is 0 Å². The predicted octanol–water partition coefficient (Wildman–Crippen LogP) is 24.8. The molecule has 4 heterocycles. The number of fused-ring (bicyclic) bond motifs is 12. The van der Waals surface area contributed by atoms with E-state index in [-0.39, 0.29) is 56.6 Å². The zero-order valence-corrected chi connectivity index (χ0v) is 59.1. The summed E-state index contributed by atoms with van der Waals surface area (Å²) in [6, 6.07) is 38.7. The molecule has 1 radical (unpaired) electrons. The first-order valence-corrected chi connectivity index (χ1v) is 32.1. The Balaban J connectivity index is 0.000000269. The molecule has 0 atom stereocenters. The maximum atomic E-state index is 5.18. The average molecular weight is 1350 g/mol. The van der Waals surface area contributed by atoms with Gasteiger partial charge in [0.2, 0.25) is 0 Å². The predicted molar refractivity (Wildman–Crippen MR) is 381 cm³/mol. The normalized spacial score (nSPS) is 12.7. The molecule has 87 heavy (non-hydrogen) atoms. The number of hydrogen-bond acceptors (Lipinski definition) is 2. The Kier molecular flexibility index (Phi) is 21.4. The molecule has 10 aromatic rings. The van der Waals surface area contributed by atoms with Gasteiger partial charge in [0.1, 0.15) is 5.65 Å². The zero-order valence-electron chi connectivity index (χ0n) is 56.7. The second kappa shape index (κ2) is 26.5. The summed E-state index contributed by atoms with van der Waals surface area (Å²) in [5, 5.41) is 7.46. The molecule has 0 bridgehead atoms. The van der Waals surface area contributed by atoms with Crippen LogP contribution in [-0.2, 0) is 45.8 Å². The van der Waals surface area contributed by atoms with Crippen LogP contribution in [0.5, 0.6) is 0 Å². The monoisotopic (exact) mass is 1340 g/mol. The van der Waals surface area contributed by atoms with Crippen LogP contribution in [-0.4, -0.2) is 18.8 Å². The van der Waals surface area contributed by atoms with Gasteiger partial charge >= 0.3 is 0 Å². The van der Waals surface area contributed by atoms with Crippen molar-refractivity contribution in [1.29, 1.82) is 0 Å². The SMILES string of the molecule is C.C.CC(C)c1cc(C(C)C)c(-c2cnc3c4[c-]cccc4c4cc(CC(C)(C)C)c(CC(C)(C)C)cc4n23)c(C(C)C)c1.CC(C)c1cc(C(C)C)c(-c2cnc3c4ccccc4c4cc(CC(C)(C)C)c(CC(C)(C)C)cc4n23)c(C(C)C)c1.[Ir]. The van der Waals surface area contributed by atoms with Crippen molar-refractivity contribution in [3.8, 4) is 22.5 Å². The van der Waals surface area contributed by atoms with Crippen LogP contribution in [0.3, 0.4) is 0 Å². The molecule has 0 spiro atoms. The molecule has 0 unspecified atom stereocenters.